The Hall–Kier alpha value is -0.120. The molecule has 92 valence electrons. The summed E-state index contributed by atoms with van der Waals surface area (Å²) in [4.78, 5) is 0. The first kappa shape index (κ1) is 14.9. The van der Waals surface area contributed by atoms with Gasteiger partial charge >= 0.3 is 0 Å². The van der Waals surface area contributed by atoms with Crippen molar-refractivity contribution in [2.75, 3.05) is 33.5 Å². The second-order valence-electron chi connectivity index (χ2n) is 3.79. The number of hydrogen-bond acceptors (Lipinski definition) is 3. The molecular formula is C12H27NO2. The molecule has 0 aliphatic rings. The van der Waals surface area contributed by atoms with Crippen molar-refractivity contribution in [3.63, 3.8) is 0 Å². The van der Waals surface area contributed by atoms with Crippen molar-refractivity contribution in [1.29, 1.82) is 0 Å². The number of unbranched alkanes of at least 4 members (excludes halogenated alkanes) is 1. The average Bonchev–Trinajstić information content (AvgIpc) is 2.25. The topological polar surface area (TPSA) is 30.5 Å². The maximum absolute atomic E-state index is 5.47. The van der Waals surface area contributed by atoms with Crippen LogP contribution in [0, 0.1) is 0 Å². The second-order valence-corrected chi connectivity index (χ2v) is 3.79. The molecular weight excluding hydrogens is 190 g/mol. The molecule has 0 aromatic carbocycles. The fourth-order valence-corrected chi connectivity index (χ4v) is 1.56. The van der Waals surface area contributed by atoms with Crippen LogP contribution < -0.4 is 5.32 Å². The monoisotopic (exact) mass is 217 g/mol. The highest BCUT2D eigenvalue weighted by molar-refractivity contribution is 4.65. The Bertz CT molecular complexity index is 120. The molecule has 3 nitrogen and oxygen atoms in total. The maximum Gasteiger partial charge on any atom is 0.0700 e. The van der Waals surface area contributed by atoms with E-state index in [2.05, 4.69) is 19.2 Å². The van der Waals surface area contributed by atoms with Crippen molar-refractivity contribution in [3.8, 4) is 0 Å². The van der Waals surface area contributed by atoms with Gasteiger partial charge in [0.1, 0.15) is 0 Å². The van der Waals surface area contributed by atoms with E-state index in [-0.39, 0.29) is 0 Å². The summed E-state index contributed by atoms with van der Waals surface area (Å²) >= 11 is 0. The molecule has 0 bridgehead atoms. The largest absolute Gasteiger partial charge is 0.382 e. The van der Waals surface area contributed by atoms with Crippen LogP contribution in [0.1, 0.15) is 39.5 Å². The fourth-order valence-electron chi connectivity index (χ4n) is 1.56. The molecule has 0 amide bonds. The normalized spacial score (nSPS) is 13.0. The van der Waals surface area contributed by atoms with E-state index in [1.165, 1.54) is 19.3 Å². The Morgan fingerprint density at radius 3 is 2.47 bits per heavy atom. The number of methoxy groups -OCH3 is 1. The van der Waals surface area contributed by atoms with Gasteiger partial charge in [0, 0.05) is 19.8 Å². The molecule has 3 heteroatoms. The van der Waals surface area contributed by atoms with Crippen LogP contribution >= 0.6 is 0 Å². The van der Waals surface area contributed by atoms with Gasteiger partial charge in [0.15, 0.2) is 0 Å². The highest BCUT2D eigenvalue weighted by Crippen LogP contribution is 2.04. The van der Waals surface area contributed by atoms with Crippen molar-refractivity contribution in [2.45, 2.75) is 45.6 Å². The Kier molecular flexibility index (Phi) is 11.9. The SMILES string of the molecule is CCCCC(CCOCCOC)NCC. The minimum atomic E-state index is 0.623. The summed E-state index contributed by atoms with van der Waals surface area (Å²) in [7, 11) is 1.70. The van der Waals surface area contributed by atoms with Gasteiger partial charge in [-0.3, -0.25) is 0 Å². The first-order valence-corrected chi connectivity index (χ1v) is 6.15. The molecule has 0 saturated carbocycles. The molecule has 1 N–H and O–H groups in total. The van der Waals surface area contributed by atoms with Crippen LogP contribution in [0.2, 0.25) is 0 Å². The van der Waals surface area contributed by atoms with Crippen LogP contribution in [0.15, 0.2) is 0 Å². The van der Waals surface area contributed by atoms with E-state index in [0.717, 1.165) is 19.6 Å². The van der Waals surface area contributed by atoms with Crippen molar-refractivity contribution in [3.05, 3.63) is 0 Å². The van der Waals surface area contributed by atoms with E-state index < -0.39 is 0 Å². The van der Waals surface area contributed by atoms with E-state index in [1.54, 1.807) is 7.11 Å². The zero-order valence-electron chi connectivity index (χ0n) is 10.6. The molecule has 0 aliphatic carbocycles. The molecule has 0 rings (SSSR count). The third-order valence-electron chi connectivity index (χ3n) is 2.44. The fraction of sp³-hybridized carbons (Fsp3) is 1.00. The van der Waals surface area contributed by atoms with Crippen LogP contribution in [0.4, 0.5) is 0 Å². The molecule has 0 spiro atoms. The summed E-state index contributed by atoms with van der Waals surface area (Å²) in [5.74, 6) is 0. The van der Waals surface area contributed by atoms with Gasteiger partial charge in [0.25, 0.3) is 0 Å². The summed E-state index contributed by atoms with van der Waals surface area (Å²) in [5, 5.41) is 3.50. The van der Waals surface area contributed by atoms with Crippen molar-refractivity contribution >= 4 is 0 Å². The number of ether oxygens (including phenoxy) is 2. The Morgan fingerprint density at radius 1 is 1.07 bits per heavy atom. The van der Waals surface area contributed by atoms with Crippen molar-refractivity contribution < 1.29 is 9.47 Å². The average molecular weight is 217 g/mol. The lowest BCUT2D eigenvalue weighted by Gasteiger charge is -2.17. The molecule has 0 fully saturated rings. The first-order chi connectivity index (χ1) is 7.35. The quantitative estimate of drug-likeness (QED) is 0.538. The van der Waals surface area contributed by atoms with E-state index in [4.69, 9.17) is 9.47 Å². The van der Waals surface area contributed by atoms with Crippen LogP contribution in [0.5, 0.6) is 0 Å². The molecule has 0 saturated heterocycles. The van der Waals surface area contributed by atoms with Crippen molar-refractivity contribution in [1.82, 2.24) is 5.32 Å². The summed E-state index contributed by atoms with van der Waals surface area (Å²) in [5.41, 5.74) is 0. The summed E-state index contributed by atoms with van der Waals surface area (Å²) in [6.07, 6.45) is 4.94. The van der Waals surface area contributed by atoms with Crippen LogP contribution in [-0.4, -0.2) is 39.5 Å². The first-order valence-electron chi connectivity index (χ1n) is 6.15. The standard InChI is InChI=1S/C12H27NO2/c1-4-6-7-12(13-5-2)8-9-15-11-10-14-3/h12-13H,4-11H2,1-3H3. The molecule has 0 radical (unpaired) electrons. The minimum Gasteiger partial charge on any atom is -0.382 e. The van der Waals surface area contributed by atoms with Gasteiger partial charge in [0.2, 0.25) is 0 Å². The summed E-state index contributed by atoms with van der Waals surface area (Å²) < 4.78 is 10.4. The molecule has 0 aliphatic heterocycles. The van der Waals surface area contributed by atoms with Crippen LogP contribution in [0.25, 0.3) is 0 Å². The van der Waals surface area contributed by atoms with Gasteiger partial charge in [-0.2, -0.15) is 0 Å². The lowest BCUT2D eigenvalue weighted by Crippen LogP contribution is -2.30. The molecule has 0 aromatic rings. The van der Waals surface area contributed by atoms with Crippen molar-refractivity contribution in [2.24, 2.45) is 0 Å². The van der Waals surface area contributed by atoms with Crippen LogP contribution in [0.3, 0.4) is 0 Å². The minimum absolute atomic E-state index is 0.623. The Morgan fingerprint density at radius 2 is 1.87 bits per heavy atom. The number of rotatable bonds is 11. The zero-order chi connectivity index (χ0) is 11.4. The molecule has 0 aromatic heterocycles. The Labute approximate surface area is 94.5 Å². The maximum atomic E-state index is 5.47. The lowest BCUT2D eigenvalue weighted by atomic mass is 10.1. The van der Waals surface area contributed by atoms with Gasteiger partial charge in [-0.15, -0.1) is 0 Å². The molecule has 0 heterocycles. The highest BCUT2D eigenvalue weighted by atomic mass is 16.5. The molecule has 1 unspecified atom stereocenters. The third-order valence-corrected chi connectivity index (χ3v) is 2.44. The molecule has 1 atom stereocenters. The summed E-state index contributed by atoms with van der Waals surface area (Å²) in [6, 6.07) is 0.623. The lowest BCUT2D eigenvalue weighted by molar-refractivity contribution is 0.0654. The third kappa shape index (κ3) is 10.2. The van der Waals surface area contributed by atoms with Gasteiger partial charge in [-0.05, 0) is 19.4 Å². The highest BCUT2D eigenvalue weighted by Gasteiger charge is 2.05. The summed E-state index contributed by atoms with van der Waals surface area (Å²) in [6.45, 7) is 7.68. The number of nitrogens with one attached hydrogen (secondary N) is 1. The van der Waals surface area contributed by atoms with E-state index in [0.29, 0.717) is 19.3 Å². The van der Waals surface area contributed by atoms with Gasteiger partial charge in [0.05, 0.1) is 13.2 Å². The zero-order valence-corrected chi connectivity index (χ0v) is 10.6. The Balaban J connectivity index is 3.38. The van der Waals surface area contributed by atoms with Crippen LogP contribution in [-0.2, 0) is 9.47 Å². The van der Waals surface area contributed by atoms with Gasteiger partial charge < -0.3 is 14.8 Å². The van der Waals surface area contributed by atoms with Gasteiger partial charge in [-0.1, -0.05) is 26.7 Å². The van der Waals surface area contributed by atoms with E-state index >= 15 is 0 Å². The molecule has 15 heavy (non-hydrogen) atoms. The number of hydrogen-bond donors (Lipinski definition) is 1. The van der Waals surface area contributed by atoms with E-state index in [9.17, 15) is 0 Å². The smallest absolute Gasteiger partial charge is 0.0700 e. The van der Waals surface area contributed by atoms with E-state index in [1.807, 2.05) is 0 Å². The second kappa shape index (κ2) is 12.0. The van der Waals surface area contributed by atoms with Gasteiger partial charge in [-0.25, -0.2) is 0 Å². The predicted molar refractivity (Wildman–Crippen MR) is 64.3 cm³/mol. The predicted octanol–water partition coefficient (Wildman–Crippen LogP) is 2.21.